The molecule has 0 saturated heterocycles. The Bertz CT molecular complexity index is 872. The molecule has 2 aromatic carbocycles. The lowest BCUT2D eigenvalue weighted by Gasteiger charge is -2.09. The third-order valence-corrected chi connectivity index (χ3v) is 5.36. The van der Waals surface area contributed by atoms with E-state index in [2.05, 4.69) is 10.0 Å². The molecule has 0 fully saturated rings. The molecule has 0 radical (unpaired) electrons. The standard InChI is InChI=1S/C17H18ClFN2O3S/c1-12-10-14(6-7-15(12)18)25(23,24)21-11-17(22)20-9-8-13-4-2-3-5-16(13)19/h2-7,10,21H,8-9,11H2,1H3,(H,20,22). The fourth-order valence-electron chi connectivity index (χ4n) is 2.13. The summed E-state index contributed by atoms with van der Waals surface area (Å²) < 4.78 is 40.0. The second-order valence-electron chi connectivity index (χ2n) is 5.43. The van der Waals surface area contributed by atoms with Crippen LogP contribution in [0.3, 0.4) is 0 Å². The van der Waals surface area contributed by atoms with Crippen molar-refractivity contribution in [3.05, 3.63) is 64.4 Å². The molecule has 2 aromatic rings. The van der Waals surface area contributed by atoms with Gasteiger partial charge in [0.2, 0.25) is 15.9 Å². The number of hydrogen-bond acceptors (Lipinski definition) is 3. The molecule has 0 bridgehead atoms. The number of carbonyl (C=O) groups excluding carboxylic acids is 1. The monoisotopic (exact) mass is 384 g/mol. The number of rotatable bonds is 7. The molecule has 134 valence electrons. The predicted octanol–water partition coefficient (Wildman–Crippen LogP) is 2.42. The smallest absolute Gasteiger partial charge is 0.241 e. The second-order valence-corrected chi connectivity index (χ2v) is 7.60. The Hall–Kier alpha value is -1.96. The van der Waals surface area contributed by atoms with Gasteiger partial charge in [-0.3, -0.25) is 4.79 Å². The van der Waals surface area contributed by atoms with E-state index in [1.165, 1.54) is 24.3 Å². The number of nitrogens with one attached hydrogen (secondary N) is 2. The van der Waals surface area contributed by atoms with Gasteiger partial charge in [-0.25, -0.2) is 17.5 Å². The van der Waals surface area contributed by atoms with E-state index < -0.39 is 22.5 Å². The molecule has 0 aliphatic carbocycles. The maximum Gasteiger partial charge on any atom is 0.241 e. The van der Waals surface area contributed by atoms with E-state index in [4.69, 9.17) is 11.6 Å². The van der Waals surface area contributed by atoms with E-state index in [0.29, 0.717) is 22.6 Å². The fourth-order valence-corrected chi connectivity index (χ4v) is 3.31. The van der Waals surface area contributed by atoms with Crippen LogP contribution in [0, 0.1) is 12.7 Å². The van der Waals surface area contributed by atoms with Crippen LogP contribution in [0.25, 0.3) is 0 Å². The Morgan fingerprint density at radius 3 is 2.60 bits per heavy atom. The zero-order valence-corrected chi connectivity index (χ0v) is 15.1. The van der Waals surface area contributed by atoms with Gasteiger partial charge in [0.05, 0.1) is 11.4 Å². The van der Waals surface area contributed by atoms with E-state index >= 15 is 0 Å². The molecule has 0 aromatic heterocycles. The summed E-state index contributed by atoms with van der Waals surface area (Å²) in [5.41, 5.74) is 1.11. The van der Waals surface area contributed by atoms with Crippen LogP contribution >= 0.6 is 11.6 Å². The van der Waals surface area contributed by atoms with Crippen molar-refractivity contribution in [2.24, 2.45) is 0 Å². The van der Waals surface area contributed by atoms with Gasteiger partial charge in [-0.15, -0.1) is 0 Å². The molecule has 5 nitrogen and oxygen atoms in total. The Morgan fingerprint density at radius 2 is 1.92 bits per heavy atom. The van der Waals surface area contributed by atoms with Crippen molar-refractivity contribution in [1.82, 2.24) is 10.0 Å². The van der Waals surface area contributed by atoms with Crippen molar-refractivity contribution >= 4 is 27.5 Å². The summed E-state index contributed by atoms with van der Waals surface area (Å²) >= 11 is 5.87. The highest BCUT2D eigenvalue weighted by Crippen LogP contribution is 2.19. The van der Waals surface area contributed by atoms with Gasteiger partial charge in [0.15, 0.2) is 0 Å². The van der Waals surface area contributed by atoms with Gasteiger partial charge in [0, 0.05) is 11.6 Å². The van der Waals surface area contributed by atoms with Crippen LogP contribution in [0.15, 0.2) is 47.4 Å². The summed E-state index contributed by atoms with van der Waals surface area (Å²) in [6.45, 7) is 1.50. The highest BCUT2D eigenvalue weighted by Gasteiger charge is 2.16. The van der Waals surface area contributed by atoms with E-state index in [-0.39, 0.29) is 17.3 Å². The quantitative estimate of drug-likeness (QED) is 0.769. The van der Waals surface area contributed by atoms with Gasteiger partial charge in [-0.05, 0) is 48.7 Å². The number of aryl methyl sites for hydroxylation is 1. The Kier molecular flexibility index (Phi) is 6.52. The first kappa shape index (κ1) is 19.4. The molecule has 2 rings (SSSR count). The molecule has 0 heterocycles. The number of benzene rings is 2. The lowest BCUT2D eigenvalue weighted by Crippen LogP contribution is -2.37. The van der Waals surface area contributed by atoms with Crippen LogP contribution in [-0.2, 0) is 21.2 Å². The van der Waals surface area contributed by atoms with Gasteiger partial charge >= 0.3 is 0 Å². The lowest BCUT2D eigenvalue weighted by atomic mass is 10.1. The molecular formula is C17H18ClFN2O3S. The van der Waals surface area contributed by atoms with Crippen LogP contribution in [0.5, 0.6) is 0 Å². The second kappa shape index (κ2) is 8.42. The maximum atomic E-state index is 13.5. The summed E-state index contributed by atoms with van der Waals surface area (Å²) in [5.74, 6) is -0.832. The average molecular weight is 385 g/mol. The minimum Gasteiger partial charge on any atom is -0.355 e. The summed E-state index contributed by atoms with van der Waals surface area (Å²) in [6, 6.07) is 10.6. The molecule has 0 atom stereocenters. The van der Waals surface area contributed by atoms with Gasteiger partial charge < -0.3 is 5.32 Å². The average Bonchev–Trinajstić information content (AvgIpc) is 2.57. The Morgan fingerprint density at radius 1 is 1.20 bits per heavy atom. The van der Waals surface area contributed by atoms with Gasteiger partial charge in [0.25, 0.3) is 0 Å². The molecular weight excluding hydrogens is 367 g/mol. The van der Waals surface area contributed by atoms with Crippen molar-refractivity contribution in [3.8, 4) is 0 Å². The number of halogens is 2. The first-order valence-electron chi connectivity index (χ1n) is 7.55. The topological polar surface area (TPSA) is 75.3 Å². The van der Waals surface area contributed by atoms with Gasteiger partial charge in [0.1, 0.15) is 5.82 Å². The SMILES string of the molecule is Cc1cc(S(=O)(=O)NCC(=O)NCCc2ccccc2F)ccc1Cl. The number of sulfonamides is 1. The minimum atomic E-state index is -3.81. The molecule has 8 heteroatoms. The van der Waals surface area contributed by atoms with Crippen molar-refractivity contribution in [2.75, 3.05) is 13.1 Å². The molecule has 25 heavy (non-hydrogen) atoms. The van der Waals surface area contributed by atoms with E-state index in [1.54, 1.807) is 25.1 Å². The molecule has 2 N–H and O–H groups in total. The molecule has 0 saturated carbocycles. The highest BCUT2D eigenvalue weighted by atomic mass is 35.5. The fraction of sp³-hybridized carbons (Fsp3) is 0.235. The van der Waals surface area contributed by atoms with E-state index in [9.17, 15) is 17.6 Å². The summed E-state index contributed by atoms with van der Waals surface area (Å²) in [6.07, 6.45) is 0.321. The van der Waals surface area contributed by atoms with Crippen LogP contribution in [0.1, 0.15) is 11.1 Å². The van der Waals surface area contributed by atoms with Crippen LogP contribution in [-0.4, -0.2) is 27.4 Å². The van der Waals surface area contributed by atoms with Crippen LogP contribution < -0.4 is 10.0 Å². The van der Waals surface area contributed by atoms with Gasteiger partial charge in [-0.2, -0.15) is 0 Å². The first-order chi connectivity index (χ1) is 11.8. The zero-order chi connectivity index (χ0) is 18.4. The van der Waals surface area contributed by atoms with E-state index in [1.807, 2.05) is 0 Å². The molecule has 0 aliphatic heterocycles. The number of carbonyl (C=O) groups is 1. The summed E-state index contributed by atoms with van der Waals surface area (Å²) in [7, 11) is -3.81. The number of amides is 1. The van der Waals surface area contributed by atoms with Crippen molar-refractivity contribution in [1.29, 1.82) is 0 Å². The molecule has 1 amide bonds. The minimum absolute atomic E-state index is 0.0357. The third kappa shape index (κ3) is 5.52. The normalized spacial score (nSPS) is 11.3. The number of hydrogen-bond donors (Lipinski definition) is 2. The van der Waals surface area contributed by atoms with Crippen molar-refractivity contribution < 1.29 is 17.6 Å². The molecule has 0 unspecified atom stereocenters. The molecule has 0 spiro atoms. The zero-order valence-electron chi connectivity index (χ0n) is 13.6. The maximum absolute atomic E-state index is 13.5. The Labute approximate surface area is 151 Å². The molecule has 0 aliphatic rings. The third-order valence-electron chi connectivity index (χ3n) is 3.54. The van der Waals surface area contributed by atoms with Crippen molar-refractivity contribution in [3.63, 3.8) is 0 Å². The summed E-state index contributed by atoms with van der Waals surface area (Å²) in [5, 5.41) is 3.01. The van der Waals surface area contributed by atoms with Gasteiger partial charge in [-0.1, -0.05) is 29.8 Å². The van der Waals surface area contributed by atoms with Crippen molar-refractivity contribution in [2.45, 2.75) is 18.2 Å². The largest absolute Gasteiger partial charge is 0.355 e. The van der Waals surface area contributed by atoms with Crippen LogP contribution in [0.2, 0.25) is 5.02 Å². The Balaban J connectivity index is 1.84. The van der Waals surface area contributed by atoms with E-state index in [0.717, 1.165) is 0 Å². The van der Waals surface area contributed by atoms with Crippen LogP contribution in [0.4, 0.5) is 4.39 Å². The lowest BCUT2D eigenvalue weighted by molar-refractivity contribution is -0.119. The predicted molar refractivity (Wildman–Crippen MR) is 94.5 cm³/mol. The summed E-state index contributed by atoms with van der Waals surface area (Å²) in [4.78, 5) is 11.8. The first-order valence-corrected chi connectivity index (χ1v) is 9.41. The highest BCUT2D eigenvalue weighted by molar-refractivity contribution is 7.89.